The fourth-order valence-corrected chi connectivity index (χ4v) is 11.7. The number of hydrogen-bond donors (Lipinski definition) is 0. The van der Waals surface area contributed by atoms with Crippen LogP contribution in [-0.4, -0.2) is 55.5 Å². The average molecular weight is 776 g/mol. The van der Waals surface area contributed by atoms with E-state index in [0.717, 1.165) is 0 Å². The summed E-state index contributed by atoms with van der Waals surface area (Å²) in [4.78, 5) is 0. The van der Waals surface area contributed by atoms with Crippen LogP contribution in [0.5, 0.6) is 17.2 Å². The van der Waals surface area contributed by atoms with Crippen LogP contribution in [0, 0.1) is 0 Å². The SMILES string of the molecule is CCP(CC)CC.CCP(CC)CC.[Cl][Sn]([O]c1ccccc1)([O]c1ccccc1)[O]c1ccccc1.[Pd]. The summed E-state index contributed by atoms with van der Waals surface area (Å²) in [5.41, 5.74) is 0. The van der Waals surface area contributed by atoms with Crippen LogP contribution < -0.4 is 9.22 Å². The molecule has 0 spiro atoms. The average Bonchev–Trinajstić information content (AvgIpc) is 2.93. The molecule has 0 aliphatic heterocycles. The Morgan fingerprint density at radius 1 is 0.474 bits per heavy atom. The first-order chi connectivity index (χ1) is 17.9. The van der Waals surface area contributed by atoms with Crippen molar-refractivity contribution in [3.8, 4) is 17.2 Å². The second kappa shape index (κ2) is 23.4. The van der Waals surface area contributed by atoms with Gasteiger partial charge in [-0.3, -0.25) is 0 Å². The predicted molar refractivity (Wildman–Crippen MR) is 170 cm³/mol. The topological polar surface area (TPSA) is 27.7 Å². The Morgan fingerprint density at radius 2 is 0.684 bits per heavy atom. The molecule has 38 heavy (non-hydrogen) atoms. The van der Waals surface area contributed by atoms with Gasteiger partial charge >= 0.3 is 145 Å². The van der Waals surface area contributed by atoms with Gasteiger partial charge in [-0.05, 0) is 37.0 Å². The fourth-order valence-electron chi connectivity index (χ4n) is 3.29. The molecule has 0 radical (unpaired) electrons. The zero-order valence-electron chi connectivity index (χ0n) is 23.7. The number of benzene rings is 3. The number of halogens is 1. The summed E-state index contributed by atoms with van der Waals surface area (Å²) >= 11 is -4.36. The predicted octanol–water partition coefficient (Wildman–Crippen LogP) is 9.95. The van der Waals surface area contributed by atoms with Gasteiger partial charge in [0.05, 0.1) is 0 Å². The third kappa shape index (κ3) is 16.7. The largest absolute Gasteiger partial charge is 0 e. The van der Waals surface area contributed by atoms with E-state index < -0.39 is 18.5 Å². The van der Waals surface area contributed by atoms with Crippen molar-refractivity contribution in [3.63, 3.8) is 0 Å². The van der Waals surface area contributed by atoms with Crippen molar-refractivity contribution in [1.29, 1.82) is 0 Å². The maximum atomic E-state index is 6.69. The van der Waals surface area contributed by atoms with Gasteiger partial charge in [0.1, 0.15) is 0 Å². The zero-order chi connectivity index (χ0) is 27.4. The van der Waals surface area contributed by atoms with E-state index in [-0.39, 0.29) is 20.4 Å². The van der Waals surface area contributed by atoms with E-state index in [9.17, 15) is 0 Å². The molecule has 0 bridgehead atoms. The minimum absolute atomic E-state index is 0. The van der Waals surface area contributed by atoms with Gasteiger partial charge in [-0.25, -0.2) is 0 Å². The third-order valence-corrected chi connectivity index (χ3v) is 16.7. The molecule has 0 saturated carbocycles. The minimum atomic E-state index is -4.36. The Hall–Kier alpha value is -0.329. The molecular formula is C30H45ClO3P2PdSn. The molecule has 0 heterocycles. The molecule has 0 fully saturated rings. The summed E-state index contributed by atoms with van der Waals surface area (Å²) in [5, 5.41) is 0. The summed E-state index contributed by atoms with van der Waals surface area (Å²) in [6, 6.07) is 28.0. The van der Waals surface area contributed by atoms with E-state index in [2.05, 4.69) is 41.5 Å². The molecular weight excluding hydrogens is 731 g/mol. The quantitative estimate of drug-likeness (QED) is 0.136. The van der Waals surface area contributed by atoms with Gasteiger partial charge in [0.25, 0.3) is 0 Å². The molecule has 0 unspecified atom stereocenters. The molecule has 0 amide bonds. The summed E-state index contributed by atoms with van der Waals surface area (Å²) in [7, 11) is 7.58. The van der Waals surface area contributed by atoms with Crippen molar-refractivity contribution < 1.29 is 29.6 Å². The summed E-state index contributed by atoms with van der Waals surface area (Å²) in [5.74, 6) is 1.89. The summed E-state index contributed by atoms with van der Waals surface area (Å²) in [6.07, 6.45) is 8.51. The molecule has 3 rings (SSSR count). The maximum Gasteiger partial charge on any atom is 0 e. The molecule has 0 aliphatic carbocycles. The molecule has 8 heteroatoms. The number of hydrogen-bond acceptors (Lipinski definition) is 3. The van der Waals surface area contributed by atoms with E-state index in [1.165, 1.54) is 37.0 Å². The van der Waals surface area contributed by atoms with Gasteiger partial charge in [0.15, 0.2) is 0 Å². The van der Waals surface area contributed by atoms with Gasteiger partial charge in [0, 0.05) is 20.4 Å². The van der Waals surface area contributed by atoms with Crippen molar-refractivity contribution >= 4 is 43.3 Å². The van der Waals surface area contributed by atoms with E-state index in [4.69, 9.17) is 18.1 Å². The molecule has 0 aliphatic rings. The van der Waals surface area contributed by atoms with E-state index in [1.807, 2.05) is 91.0 Å². The zero-order valence-corrected chi connectivity index (χ0v) is 30.7. The summed E-state index contributed by atoms with van der Waals surface area (Å²) in [6.45, 7) is 13.7. The first kappa shape index (κ1) is 37.7. The molecule has 0 atom stereocenters. The fraction of sp³-hybridized carbons (Fsp3) is 0.400. The summed E-state index contributed by atoms with van der Waals surface area (Å²) < 4.78 is 17.8. The maximum absolute atomic E-state index is 6.69. The Morgan fingerprint density at radius 3 is 0.842 bits per heavy atom. The number of rotatable bonds is 12. The van der Waals surface area contributed by atoms with Crippen LogP contribution in [0.3, 0.4) is 0 Å². The van der Waals surface area contributed by atoms with Gasteiger partial charge < -0.3 is 0 Å². The van der Waals surface area contributed by atoms with Crippen molar-refractivity contribution in [3.05, 3.63) is 91.0 Å². The second-order valence-corrected chi connectivity index (χ2v) is 22.0. The number of para-hydroxylation sites is 3. The first-order valence-electron chi connectivity index (χ1n) is 13.3. The second-order valence-electron chi connectivity index (χ2n) is 7.97. The van der Waals surface area contributed by atoms with Crippen LogP contribution in [-0.2, 0) is 20.4 Å². The van der Waals surface area contributed by atoms with Gasteiger partial charge in [0.2, 0.25) is 0 Å². The van der Waals surface area contributed by atoms with Crippen LogP contribution in [0.4, 0.5) is 0 Å². The van der Waals surface area contributed by atoms with Crippen LogP contribution in [0.1, 0.15) is 41.5 Å². The van der Waals surface area contributed by atoms with Crippen molar-refractivity contribution in [2.75, 3.05) is 37.0 Å². The molecule has 3 aromatic carbocycles. The third-order valence-electron chi connectivity index (χ3n) is 5.63. The molecule has 0 saturated heterocycles. The molecule has 214 valence electrons. The van der Waals surface area contributed by atoms with Crippen LogP contribution in [0.25, 0.3) is 0 Å². The Bertz CT molecular complexity index is 794. The standard InChI is InChI=1S/3C6H6O.2C6H15P.ClH.Pd.Sn/c3*7-6-4-2-1-3-5-6;2*1-4-7(5-2)6-3;;;/h3*1-5,7H;2*4-6H2,1-3H3;1H;;/q;;;;;;;+4/p-4. The van der Waals surface area contributed by atoms with Crippen LogP contribution in [0.15, 0.2) is 91.0 Å². The molecule has 3 aromatic rings. The van der Waals surface area contributed by atoms with Gasteiger partial charge in [-0.15, -0.1) is 15.8 Å². The molecule has 3 nitrogen and oxygen atoms in total. The van der Waals surface area contributed by atoms with E-state index in [0.29, 0.717) is 33.1 Å². The van der Waals surface area contributed by atoms with Crippen LogP contribution in [0.2, 0.25) is 0 Å². The van der Waals surface area contributed by atoms with E-state index in [1.54, 1.807) is 0 Å². The molecule has 0 N–H and O–H groups in total. The Labute approximate surface area is 257 Å². The van der Waals surface area contributed by atoms with Gasteiger partial charge in [-0.1, -0.05) is 41.5 Å². The monoisotopic (exact) mass is 776 g/mol. The van der Waals surface area contributed by atoms with Crippen molar-refractivity contribution in [2.45, 2.75) is 41.5 Å². The van der Waals surface area contributed by atoms with Crippen molar-refractivity contribution in [2.24, 2.45) is 0 Å². The van der Waals surface area contributed by atoms with E-state index >= 15 is 0 Å². The smallest absolute Gasteiger partial charge is 0 e. The van der Waals surface area contributed by atoms with Crippen LogP contribution >= 0.6 is 24.8 Å². The first-order valence-corrected chi connectivity index (χ1v) is 24.2. The minimum Gasteiger partial charge on any atom is 0 e. The van der Waals surface area contributed by atoms with Crippen molar-refractivity contribution in [1.82, 2.24) is 0 Å². The van der Waals surface area contributed by atoms with Gasteiger partial charge in [-0.2, -0.15) is 0 Å². The Balaban J connectivity index is 0.000000760. The Kier molecular flexibility index (Phi) is 23.2. The molecule has 0 aromatic heterocycles. The normalized spacial score (nSPS) is 10.3.